The first-order chi connectivity index (χ1) is 9.69. The molecule has 8 nitrogen and oxygen atoms in total. The van der Waals surface area contributed by atoms with Crippen LogP contribution in [0.1, 0.15) is 5.76 Å². The number of nitrogens with zero attached hydrogens (tertiary/aromatic N) is 4. The normalized spacial score (nSPS) is 10.3. The summed E-state index contributed by atoms with van der Waals surface area (Å²) in [6, 6.07) is 3.58. The first kappa shape index (κ1) is 13.6. The fraction of sp³-hybridized carbons (Fsp3) is 0.0909. The lowest BCUT2D eigenvalue weighted by Gasteiger charge is -1.91. The van der Waals surface area contributed by atoms with Crippen LogP contribution in [-0.4, -0.2) is 17.3 Å². The lowest BCUT2D eigenvalue weighted by Crippen LogP contribution is -2.21. The van der Waals surface area contributed by atoms with Gasteiger partial charge in [-0.25, -0.2) is 4.98 Å². The van der Waals surface area contributed by atoms with Crippen LogP contribution in [0.5, 0.6) is 0 Å². The summed E-state index contributed by atoms with van der Waals surface area (Å²) < 4.78 is 5.58. The molecule has 0 radical (unpaired) electrons. The van der Waals surface area contributed by atoms with E-state index in [0.717, 1.165) is 0 Å². The maximum atomic E-state index is 8.27. The molecular weight excluding hydrogens is 278 g/mol. The highest BCUT2D eigenvalue weighted by Crippen LogP contribution is 2.28. The van der Waals surface area contributed by atoms with E-state index in [0.29, 0.717) is 28.9 Å². The largest absolute Gasteiger partial charge is 0.457 e. The zero-order valence-corrected chi connectivity index (χ0v) is 11.1. The number of aliphatic imine (C=N–C) groups is 2. The molecule has 0 amide bonds. The molecule has 0 bridgehead atoms. The van der Waals surface area contributed by atoms with Gasteiger partial charge in [-0.15, -0.1) is 11.3 Å². The Morgan fingerprint density at radius 3 is 3.15 bits per heavy atom. The minimum absolute atomic E-state index is 0.0367. The summed E-state index contributed by atoms with van der Waals surface area (Å²) in [5, 5.41) is 12.8. The molecule has 0 saturated heterocycles. The second kappa shape index (κ2) is 6.35. The molecule has 2 rings (SSSR count). The van der Waals surface area contributed by atoms with Crippen molar-refractivity contribution < 1.29 is 4.42 Å². The van der Waals surface area contributed by atoms with Crippen molar-refractivity contribution in [1.82, 2.24) is 10.3 Å². The monoisotopic (exact) mass is 289 g/mol. The van der Waals surface area contributed by atoms with E-state index in [1.54, 1.807) is 23.7 Å². The first-order valence-electron chi connectivity index (χ1n) is 5.46. The number of nitrogens with two attached hydrogens (primary N) is 2. The average Bonchev–Trinajstić information content (AvgIpc) is 3.03. The van der Waals surface area contributed by atoms with Crippen molar-refractivity contribution in [2.75, 3.05) is 0 Å². The van der Waals surface area contributed by atoms with E-state index in [1.165, 1.54) is 17.7 Å². The van der Waals surface area contributed by atoms with Crippen molar-refractivity contribution >= 4 is 28.8 Å². The Morgan fingerprint density at radius 2 is 2.40 bits per heavy atom. The van der Waals surface area contributed by atoms with Gasteiger partial charge in [0.1, 0.15) is 11.5 Å². The van der Waals surface area contributed by atoms with Crippen LogP contribution in [0.2, 0.25) is 0 Å². The van der Waals surface area contributed by atoms with Crippen LogP contribution < -0.4 is 16.8 Å². The quantitative estimate of drug-likeness (QED) is 0.323. The summed E-state index contributed by atoms with van der Waals surface area (Å²) in [5.74, 6) is 1.23. The molecule has 0 unspecified atom stereocenters. The third kappa shape index (κ3) is 3.56. The Morgan fingerprint density at radius 1 is 1.55 bits per heavy atom. The van der Waals surface area contributed by atoms with E-state index < -0.39 is 0 Å². The fourth-order valence-electron chi connectivity index (χ4n) is 1.35. The van der Waals surface area contributed by atoms with Gasteiger partial charge in [0, 0.05) is 5.38 Å². The number of nitrogens with one attached hydrogen (secondary N) is 1. The average molecular weight is 289 g/mol. The molecule has 20 heavy (non-hydrogen) atoms. The number of aromatic nitrogens is 1. The van der Waals surface area contributed by atoms with Gasteiger partial charge in [-0.3, -0.25) is 10.3 Å². The van der Waals surface area contributed by atoms with E-state index >= 15 is 0 Å². The van der Waals surface area contributed by atoms with Crippen LogP contribution in [0, 0.1) is 11.5 Å². The maximum Gasteiger partial charge on any atom is 0.212 e. The number of hydrogen-bond acceptors (Lipinski definition) is 6. The molecule has 2 aromatic rings. The van der Waals surface area contributed by atoms with Gasteiger partial charge in [0.2, 0.25) is 5.13 Å². The maximum absolute atomic E-state index is 8.27. The van der Waals surface area contributed by atoms with Gasteiger partial charge in [0.05, 0.1) is 12.9 Å². The number of thiazole rings is 1. The minimum Gasteiger partial charge on any atom is -0.457 e. The second-order valence-corrected chi connectivity index (χ2v) is 4.38. The van der Waals surface area contributed by atoms with Gasteiger partial charge in [0.25, 0.3) is 0 Å². The van der Waals surface area contributed by atoms with Crippen molar-refractivity contribution in [1.29, 1.82) is 5.26 Å². The molecule has 0 aromatic carbocycles. The predicted octanol–water partition coefficient (Wildman–Crippen LogP) is 0.907. The predicted molar refractivity (Wildman–Crippen MR) is 76.2 cm³/mol. The van der Waals surface area contributed by atoms with Gasteiger partial charge in [-0.2, -0.15) is 10.3 Å². The lowest BCUT2D eigenvalue weighted by molar-refractivity contribution is 0.524. The Hall–Kier alpha value is -2.86. The molecule has 0 aliphatic carbocycles. The zero-order chi connectivity index (χ0) is 14.4. The molecule has 102 valence electrons. The van der Waals surface area contributed by atoms with E-state index in [2.05, 4.69) is 20.3 Å². The topological polar surface area (TPSA) is 139 Å². The SMILES string of the molecule is N#CNC=NCc1ccc(-c2csc(N=C(N)N)n2)o1. The van der Waals surface area contributed by atoms with Crippen LogP contribution in [0.25, 0.3) is 11.5 Å². The van der Waals surface area contributed by atoms with Gasteiger partial charge >= 0.3 is 0 Å². The van der Waals surface area contributed by atoms with Gasteiger partial charge in [-0.1, -0.05) is 0 Å². The highest BCUT2D eigenvalue weighted by molar-refractivity contribution is 7.13. The number of hydrogen-bond donors (Lipinski definition) is 3. The fourth-order valence-corrected chi connectivity index (χ4v) is 2.04. The number of furan rings is 1. The highest BCUT2D eigenvalue weighted by atomic mass is 32.1. The Labute approximate surface area is 118 Å². The van der Waals surface area contributed by atoms with Gasteiger partial charge in [0.15, 0.2) is 17.9 Å². The van der Waals surface area contributed by atoms with Crippen LogP contribution >= 0.6 is 11.3 Å². The van der Waals surface area contributed by atoms with Gasteiger partial charge < -0.3 is 15.9 Å². The summed E-state index contributed by atoms with van der Waals surface area (Å²) in [6.45, 7) is 0.333. The Bertz CT molecular complexity index is 675. The minimum atomic E-state index is -0.0367. The van der Waals surface area contributed by atoms with Crippen molar-refractivity contribution in [2.45, 2.75) is 6.54 Å². The standard InChI is InChI=1S/C11H11N7OS/c12-5-16-6-15-3-7-1-2-9(19-7)8-4-20-11(17-8)18-10(13)14/h1-2,4,6H,3H2,(H,15,16)(H4,13,14,17,18). The molecule has 9 heteroatoms. The molecule has 0 aliphatic rings. The summed E-state index contributed by atoms with van der Waals surface area (Å²) in [6.07, 6.45) is 3.04. The molecule has 5 N–H and O–H groups in total. The number of nitriles is 1. The van der Waals surface area contributed by atoms with E-state index in [4.69, 9.17) is 21.1 Å². The van der Waals surface area contributed by atoms with Crippen LogP contribution in [-0.2, 0) is 6.54 Å². The smallest absolute Gasteiger partial charge is 0.212 e. The molecule has 2 aromatic heterocycles. The van der Waals surface area contributed by atoms with E-state index in [1.807, 2.05) is 0 Å². The molecule has 0 saturated carbocycles. The first-order valence-corrected chi connectivity index (χ1v) is 6.34. The summed E-state index contributed by atoms with van der Waals surface area (Å²) in [7, 11) is 0. The molecule has 0 fully saturated rings. The lowest BCUT2D eigenvalue weighted by atomic mass is 10.3. The molecular formula is C11H11N7OS. The van der Waals surface area contributed by atoms with Crippen molar-refractivity contribution in [2.24, 2.45) is 21.5 Å². The third-order valence-electron chi connectivity index (χ3n) is 2.10. The number of guanidine groups is 1. The Balaban J connectivity index is 2.07. The van der Waals surface area contributed by atoms with Crippen LogP contribution in [0.3, 0.4) is 0 Å². The molecule has 0 aliphatic heterocycles. The number of rotatable bonds is 5. The van der Waals surface area contributed by atoms with Crippen molar-refractivity contribution in [3.05, 3.63) is 23.3 Å². The van der Waals surface area contributed by atoms with E-state index in [9.17, 15) is 0 Å². The third-order valence-corrected chi connectivity index (χ3v) is 2.83. The van der Waals surface area contributed by atoms with Crippen LogP contribution in [0.15, 0.2) is 31.9 Å². The summed E-state index contributed by atoms with van der Waals surface area (Å²) in [4.78, 5) is 12.0. The van der Waals surface area contributed by atoms with Crippen molar-refractivity contribution in [3.8, 4) is 17.6 Å². The van der Waals surface area contributed by atoms with Crippen LogP contribution in [0.4, 0.5) is 5.13 Å². The Kier molecular flexibility index (Phi) is 4.31. The van der Waals surface area contributed by atoms with Crippen molar-refractivity contribution in [3.63, 3.8) is 0 Å². The summed E-state index contributed by atoms with van der Waals surface area (Å²) in [5.41, 5.74) is 11.2. The molecule has 0 atom stereocenters. The summed E-state index contributed by atoms with van der Waals surface area (Å²) >= 11 is 1.31. The van der Waals surface area contributed by atoms with E-state index in [-0.39, 0.29) is 5.96 Å². The second-order valence-electron chi connectivity index (χ2n) is 3.54. The zero-order valence-electron chi connectivity index (χ0n) is 10.3. The highest BCUT2D eigenvalue weighted by Gasteiger charge is 2.08. The molecule has 2 heterocycles. The van der Waals surface area contributed by atoms with Gasteiger partial charge in [-0.05, 0) is 12.1 Å². The molecule has 0 spiro atoms.